The van der Waals surface area contributed by atoms with Gasteiger partial charge in [0.05, 0.1) is 6.54 Å². The second-order valence-electron chi connectivity index (χ2n) is 4.39. The van der Waals surface area contributed by atoms with Crippen molar-refractivity contribution in [2.45, 2.75) is 13.5 Å². The number of fused-ring (bicyclic) bond motifs is 1. The van der Waals surface area contributed by atoms with Crippen LogP contribution in [0.3, 0.4) is 0 Å². The molecule has 96 valence electrons. The van der Waals surface area contributed by atoms with Crippen LogP contribution in [0.25, 0.3) is 10.9 Å². The fraction of sp³-hybridized carbons (Fsp3) is 0.143. The topological polar surface area (TPSA) is 70.9 Å². The molecule has 0 aliphatic heterocycles. The van der Waals surface area contributed by atoms with Crippen LogP contribution in [0, 0.1) is 6.92 Å². The Kier molecular flexibility index (Phi) is 2.79. The van der Waals surface area contributed by atoms with Crippen LogP contribution in [0.15, 0.2) is 41.1 Å². The molecule has 0 spiro atoms. The van der Waals surface area contributed by atoms with Crippen molar-refractivity contribution >= 4 is 16.8 Å². The monoisotopic (exact) mass is 255 g/mol. The van der Waals surface area contributed by atoms with E-state index in [4.69, 9.17) is 4.52 Å². The summed E-state index contributed by atoms with van der Waals surface area (Å²) in [6.45, 7) is 2.18. The molecule has 0 fully saturated rings. The van der Waals surface area contributed by atoms with E-state index < -0.39 is 0 Å². The Bertz CT molecular complexity index is 727. The maximum absolute atomic E-state index is 12.0. The molecule has 5 heteroatoms. The molecule has 0 aliphatic rings. The Morgan fingerprint density at radius 1 is 1.37 bits per heavy atom. The van der Waals surface area contributed by atoms with Gasteiger partial charge in [0, 0.05) is 23.3 Å². The predicted molar refractivity (Wildman–Crippen MR) is 70.7 cm³/mol. The molecule has 3 rings (SSSR count). The number of carbonyl (C=O) groups excluding carboxylic acids is 1. The number of hydrogen-bond donors (Lipinski definition) is 2. The molecule has 0 saturated heterocycles. The number of H-pyrrole nitrogens is 1. The summed E-state index contributed by atoms with van der Waals surface area (Å²) in [7, 11) is 0. The molecular weight excluding hydrogens is 242 g/mol. The van der Waals surface area contributed by atoms with Crippen molar-refractivity contribution in [1.29, 1.82) is 0 Å². The molecule has 0 aliphatic carbocycles. The molecule has 1 aromatic carbocycles. The first-order valence-electron chi connectivity index (χ1n) is 6.00. The molecule has 0 atom stereocenters. The number of carbonyl (C=O) groups is 1. The predicted octanol–water partition coefficient (Wildman–Crippen LogP) is 2.39. The highest BCUT2D eigenvalue weighted by Gasteiger charge is 2.08. The van der Waals surface area contributed by atoms with Crippen molar-refractivity contribution in [3.8, 4) is 0 Å². The number of benzene rings is 1. The van der Waals surface area contributed by atoms with E-state index in [1.54, 1.807) is 12.1 Å². The third-order valence-corrected chi connectivity index (χ3v) is 2.92. The molecule has 0 bridgehead atoms. The maximum atomic E-state index is 12.0. The highest BCUT2D eigenvalue weighted by Crippen LogP contribution is 2.14. The molecule has 19 heavy (non-hydrogen) atoms. The zero-order valence-corrected chi connectivity index (χ0v) is 10.4. The zero-order chi connectivity index (χ0) is 13.2. The standard InChI is InChI=1S/C14H13N3O2/c1-9-6-12(17-19-9)8-16-14(18)11-3-2-10-4-5-15-13(10)7-11/h2-7,15H,8H2,1H3,(H,16,18). The third-order valence-electron chi connectivity index (χ3n) is 2.92. The minimum absolute atomic E-state index is 0.128. The number of aryl methyl sites for hydroxylation is 1. The van der Waals surface area contributed by atoms with E-state index in [-0.39, 0.29) is 5.91 Å². The highest BCUT2D eigenvalue weighted by molar-refractivity contribution is 5.97. The Labute approximate surface area is 109 Å². The van der Waals surface area contributed by atoms with E-state index in [0.29, 0.717) is 17.8 Å². The van der Waals surface area contributed by atoms with Gasteiger partial charge in [-0.1, -0.05) is 11.2 Å². The summed E-state index contributed by atoms with van der Waals surface area (Å²) in [6, 6.07) is 9.32. The fourth-order valence-electron chi connectivity index (χ4n) is 1.96. The average Bonchev–Trinajstić information content (AvgIpc) is 3.03. The largest absolute Gasteiger partial charge is 0.361 e. The van der Waals surface area contributed by atoms with Crippen LogP contribution in [-0.4, -0.2) is 16.0 Å². The lowest BCUT2D eigenvalue weighted by Gasteiger charge is -2.03. The molecule has 5 nitrogen and oxygen atoms in total. The molecule has 2 aromatic heterocycles. The highest BCUT2D eigenvalue weighted by atomic mass is 16.5. The Hall–Kier alpha value is -2.56. The second kappa shape index (κ2) is 4.61. The first-order chi connectivity index (χ1) is 9.22. The molecule has 0 radical (unpaired) electrons. The summed E-state index contributed by atoms with van der Waals surface area (Å²) in [5.41, 5.74) is 2.28. The SMILES string of the molecule is Cc1cc(CNC(=O)c2ccc3cc[nH]c3c2)no1. The number of aromatic nitrogens is 2. The van der Waals surface area contributed by atoms with Crippen LogP contribution in [0.4, 0.5) is 0 Å². The van der Waals surface area contributed by atoms with E-state index in [1.165, 1.54) is 0 Å². The minimum Gasteiger partial charge on any atom is -0.361 e. The van der Waals surface area contributed by atoms with Crippen LogP contribution in [-0.2, 0) is 6.54 Å². The number of nitrogens with one attached hydrogen (secondary N) is 2. The van der Waals surface area contributed by atoms with Crippen LogP contribution in [0.5, 0.6) is 0 Å². The maximum Gasteiger partial charge on any atom is 0.251 e. The number of amides is 1. The van der Waals surface area contributed by atoms with E-state index in [0.717, 1.165) is 16.7 Å². The van der Waals surface area contributed by atoms with Crippen LogP contribution >= 0.6 is 0 Å². The minimum atomic E-state index is -0.128. The molecular formula is C14H13N3O2. The molecule has 1 amide bonds. The van der Waals surface area contributed by atoms with Crippen molar-refractivity contribution in [2.75, 3.05) is 0 Å². The molecule has 0 saturated carbocycles. The zero-order valence-electron chi connectivity index (χ0n) is 10.4. The molecule has 3 aromatic rings. The molecule has 2 heterocycles. The summed E-state index contributed by atoms with van der Waals surface area (Å²) in [6.07, 6.45) is 1.85. The van der Waals surface area contributed by atoms with Crippen LogP contribution < -0.4 is 5.32 Å². The lowest BCUT2D eigenvalue weighted by Crippen LogP contribution is -2.22. The first kappa shape index (κ1) is 11.5. The van der Waals surface area contributed by atoms with E-state index in [1.807, 2.05) is 31.3 Å². The fourth-order valence-corrected chi connectivity index (χ4v) is 1.96. The van der Waals surface area contributed by atoms with Gasteiger partial charge in [-0.05, 0) is 30.5 Å². The molecule has 0 unspecified atom stereocenters. The van der Waals surface area contributed by atoms with Gasteiger partial charge in [-0.2, -0.15) is 0 Å². The lowest BCUT2D eigenvalue weighted by molar-refractivity contribution is 0.0950. The van der Waals surface area contributed by atoms with Gasteiger partial charge >= 0.3 is 0 Å². The van der Waals surface area contributed by atoms with Gasteiger partial charge < -0.3 is 14.8 Å². The van der Waals surface area contributed by atoms with Crippen LogP contribution in [0.2, 0.25) is 0 Å². The number of rotatable bonds is 3. The lowest BCUT2D eigenvalue weighted by atomic mass is 10.1. The van der Waals surface area contributed by atoms with E-state index in [9.17, 15) is 4.79 Å². The van der Waals surface area contributed by atoms with Gasteiger partial charge in [-0.25, -0.2) is 0 Å². The van der Waals surface area contributed by atoms with E-state index in [2.05, 4.69) is 15.5 Å². The summed E-state index contributed by atoms with van der Waals surface area (Å²) in [4.78, 5) is 15.1. The number of hydrogen-bond acceptors (Lipinski definition) is 3. The Morgan fingerprint density at radius 2 is 2.26 bits per heavy atom. The quantitative estimate of drug-likeness (QED) is 0.755. The van der Waals surface area contributed by atoms with Gasteiger partial charge in [-0.15, -0.1) is 0 Å². The third kappa shape index (κ3) is 2.35. The van der Waals surface area contributed by atoms with Gasteiger partial charge in [0.1, 0.15) is 11.5 Å². The first-order valence-corrected chi connectivity index (χ1v) is 6.00. The second-order valence-corrected chi connectivity index (χ2v) is 4.39. The van der Waals surface area contributed by atoms with Crippen molar-refractivity contribution < 1.29 is 9.32 Å². The number of nitrogens with zero attached hydrogens (tertiary/aromatic N) is 1. The Balaban J connectivity index is 1.72. The molecule has 2 N–H and O–H groups in total. The Morgan fingerprint density at radius 3 is 3.05 bits per heavy atom. The average molecular weight is 255 g/mol. The number of aromatic amines is 1. The van der Waals surface area contributed by atoms with Crippen molar-refractivity contribution in [2.24, 2.45) is 0 Å². The van der Waals surface area contributed by atoms with Crippen molar-refractivity contribution in [3.63, 3.8) is 0 Å². The summed E-state index contributed by atoms with van der Waals surface area (Å²) in [5.74, 6) is 0.606. The van der Waals surface area contributed by atoms with Gasteiger partial charge in [0.15, 0.2) is 0 Å². The van der Waals surface area contributed by atoms with Crippen molar-refractivity contribution in [3.05, 3.63) is 53.5 Å². The van der Waals surface area contributed by atoms with Gasteiger partial charge in [-0.3, -0.25) is 4.79 Å². The van der Waals surface area contributed by atoms with Crippen molar-refractivity contribution in [1.82, 2.24) is 15.5 Å². The van der Waals surface area contributed by atoms with Gasteiger partial charge in [0.25, 0.3) is 5.91 Å². The summed E-state index contributed by atoms with van der Waals surface area (Å²) in [5, 5.41) is 7.72. The van der Waals surface area contributed by atoms with Crippen LogP contribution in [0.1, 0.15) is 21.8 Å². The normalized spacial score (nSPS) is 10.8. The summed E-state index contributed by atoms with van der Waals surface area (Å²) < 4.78 is 4.94. The smallest absolute Gasteiger partial charge is 0.251 e. The van der Waals surface area contributed by atoms with E-state index >= 15 is 0 Å². The summed E-state index contributed by atoms with van der Waals surface area (Å²) >= 11 is 0. The van der Waals surface area contributed by atoms with Gasteiger partial charge in [0.2, 0.25) is 0 Å².